The topological polar surface area (TPSA) is 91.8 Å². The van der Waals surface area contributed by atoms with Crippen LogP contribution < -0.4 is 15.4 Å². The van der Waals surface area contributed by atoms with Gasteiger partial charge in [0.1, 0.15) is 0 Å². The third-order valence-corrected chi connectivity index (χ3v) is 5.96. The summed E-state index contributed by atoms with van der Waals surface area (Å²) in [6.07, 6.45) is 0.946. The Morgan fingerprint density at radius 1 is 1.03 bits per heavy atom. The molecule has 2 rings (SSSR count). The maximum absolute atomic E-state index is 11.6. The molecule has 7 nitrogen and oxygen atoms in total. The molecule has 0 amide bonds. The first-order valence-electron chi connectivity index (χ1n) is 10.0. The van der Waals surface area contributed by atoms with Gasteiger partial charge in [0, 0.05) is 26.7 Å². The average Bonchev–Trinajstić information content (AvgIpc) is 2.77. The summed E-state index contributed by atoms with van der Waals surface area (Å²) in [6.45, 7) is 4.07. The first-order chi connectivity index (χ1) is 14.4. The summed E-state index contributed by atoms with van der Waals surface area (Å²) < 4.78 is 31.4. The molecule has 1 unspecified atom stereocenters. The van der Waals surface area contributed by atoms with Crippen LogP contribution in [0.25, 0.3) is 0 Å². The van der Waals surface area contributed by atoms with Crippen LogP contribution in [0.15, 0.2) is 59.6 Å². The van der Waals surface area contributed by atoms with Crippen molar-refractivity contribution < 1.29 is 13.2 Å². The molecule has 0 spiro atoms. The van der Waals surface area contributed by atoms with Gasteiger partial charge in [-0.25, -0.2) is 13.1 Å². The molecule has 0 aliphatic heterocycles. The Kier molecular flexibility index (Phi) is 12.7. The van der Waals surface area contributed by atoms with Gasteiger partial charge in [-0.15, -0.1) is 24.0 Å². The number of nitrogens with zero attached hydrogens (tertiary/aromatic N) is 1. The number of nitrogens with one attached hydrogen (secondary N) is 3. The molecule has 0 radical (unpaired) electrons. The van der Waals surface area contributed by atoms with Crippen molar-refractivity contribution in [2.45, 2.75) is 31.7 Å². The fourth-order valence-electron chi connectivity index (χ4n) is 2.81. The number of aliphatic imine (C=N–C) groups is 1. The van der Waals surface area contributed by atoms with Gasteiger partial charge in [-0.05, 0) is 37.1 Å². The highest BCUT2D eigenvalue weighted by atomic mass is 127. The van der Waals surface area contributed by atoms with Crippen LogP contribution in [0.5, 0.6) is 0 Å². The van der Waals surface area contributed by atoms with E-state index in [1.165, 1.54) is 12.6 Å². The maximum Gasteiger partial charge on any atom is 0.215 e. The van der Waals surface area contributed by atoms with Crippen LogP contribution in [0, 0.1) is 0 Å². The molecule has 0 heterocycles. The van der Waals surface area contributed by atoms with Gasteiger partial charge >= 0.3 is 0 Å². The highest BCUT2D eigenvalue weighted by Crippen LogP contribution is 2.15. The van der Waals surface area contributed by atoms with Crippen LogP contribution in [0.1, 0.15) is 36.1 Å². The number of sulfonamides is 1. The number of ether oxygens (including phenoxy) is 1. The summed E-state index contributed by atoms with van der Waals surface area (Å²) in [5.41, 5.74) is 2.97. The minimum Gasteiger partial charge on any atom is -0.374 e. The van der Waals surface area contributed by atoms with Crippen LogP contribution in [0.4, 0.5) is 0 Å². The SMILES string of the molecule is CN=C(NCCCOC(C)c1ccccc1)NCc1ccc(CS(=O)(=O)NC)cc1.I. The highest BCUT2D eigenvalue weighted by Gasteiger charge is 2.08. The van der Waals surface area contributed by atoms with E-state index in [2.05, 4.69) is 39.4 Å². The second-order valence-electron chi connectivity index (χ2n) is 6.91. The first-order valence-corrected chi connectivity index (χ1v) is 11.7. The number of benzene rings is 2. The number of guanidine groups is 1. The predicted octanol–water partition coefficient (Wildman–Crippen LogP) is 3.19. The summed E-state index contributed by atoms with van der Waals surface area (Å²) in [4.78, 5) is 4.23. The van der Waals surface area contributed by atoms with E-state index in [4.69, 9.17) is 4.74 Å². The van der Waals surface area contributed by atoms with E-state index in [9.17, 15) is 8.42 Å². The zero-order valence-corrected chi connectivity index (χ0v) is 21.4. The van der Waals surface area contributed by atoms with Gasteiger partial charge in [0.15, 0.2) is 5.96 Å². The number of hydrogen-bond donors (Lipinski definition) is 3. The molecule has 1 atom stereocenters. The Morgan fingerprint density at radius 2 is 1.68 bits per heavy atom. The summed E-state index contributed by atoms with van der Waals surface area (Å²) in [5.74, 6) is 0.693. The van der Waals surface area contributed by atoms with Gasteiger partial charge in [0.25, 0.3) is 0 Å². The molecule has 0 fully saturated rings. The lowest BCUT2D eigenvalue weighted by Gasteiger charge is -2.15. The molecule has 0 saturated heterocycles. The van der Waals surface area contributed by atoms with Gasteiger partial charge < -0.3 is 15.4 Å². The second kappa shape index (κ2) is 14.4. The van der Waals surface area contributed by atoms with E-state index in [1.54, 1.807) is 7.05 Å². The van der Waals surface area contributed by atoms with E-state index in [1.807, 2.05) is 42.5 Å². The van der Waals surface area contributed by atoms with Gasteiger partial charge in [-0.3, -0.25) is 4.99 Å². The third kappa shape index (κ3) is 10.4. The molecule has 31 heavy (non-hydrogen) atoms. The number of halogens is 1. The lowest BCUT2D eigenvalue weighted by atomic mass is 10.1. The van der Waals surface area contributed by atoms with Crippen molar-refractivity contribution in [1.82, 2.24) is 15.4 Å². The van der Waals surface area contributed by atoms with Gasteiger partial charge in [-0.1, -0.05) is 54.6 Å². The van der Waals surface area contributed by atoms with E-state index in [0.29, 0.717) is 19.1 Å². The first kappa shape index (κ1) is 27.3. The monoisotopic (exact) mass is 560 g/mol. The number of hydrogen-bond acceptors (Lipinski definition) is 4. The Labute approximate surface area is 203 Å². The molecule has 0 aliphatic carbocycles. The molecule has 0 bridgehead atoms. The lowest BCUT2D eigenvalue weighted by molar-refractivity contribution is 0.0646. The molecule has 172 valence electrons. The normalized spacial score (nSPS) is 12.7. The highest BCUT2D eigenvalue weighted by molar-refractivity contribution is 14.0. The van der Waals surface area contributed by atoms with E-state index in [-0.39, 0.29) is 35.8 Å². The van der Waals surface area contributed by atoms with Gasteiger partial charge in [-0.2, -0.15) is 0 Å². The van der Waals surface area contributed by atoms with E-state index in [0.717, 1.165) is 24.1 Å². The Hall–Kier alpha value is -1.69. The summed E-state index contributed by atoms with van der Waals surface area (Å²) >= 11 is 0. The maximum atomic E-state index is 11.6. The largest absolute Gasteiger partial charge is 0.374 e. The quantitative estimate of drug-likeness (QED) is 0.170. The van der Waals surface area contributed by atoms with Crippen LogP contribution in [-0.4, -0.2) is 41.6 Å². The van der Waals surface area contributed by atoms with Crippen molar-refractivity contribution in [3.8, 4) is 0 Å². The molecule has 3 N–H and O–H groups in total. The zero-order valence-electron chi connectivity index (χ0n) is 18.3. The Morgan fingerprint density at radius 3 is 2.29 bits per heavy atom. The van der Waals surface area contributed by atoms with Gasteiger partial charge in [0.2, 0.25) is 10.0 Å². The second-order valence-corrected chi connectivity index (χ2v) is 8.84. The molecule has 0 aromatic heterocycles. The lowest BCUT2D eigenvalue weighted by Crippen LogP contribution is -2.37. The minimum atomic E-state index is -3.26. The summed E-state index contributed by atoms with van der Waals surface area (Å²) in [5, 5.41) is 6.53. The standard InChI is InChI=1S/C22H32N4O3S.HI/c1-18(21-8-5-4-6-9-21)29-15-7-14-25-22(23-2)26-16-19-10-12-20(13-11-19)17-30(27,28)24-3;/h4-6,8-13,18,24H,7,14-17H2,1-3H3,(H2,23,25,26);1H. The van der Waals surface area contributed by atoms with Crippen LogP contribution >= 0.6 is 24.0 Å². The fraction of sp³-hybridized carbons (Fsp3) is 0.409. The van der Waals surface area contributed by atoms with E-state index < -0.39 is 10.0 Å². The molecular formula is C22H33IN4O3S. The fourth-order valence-corrected chi connectivity index (χ4v) is 3.59. The Bertz CT molecular complexity index is 891. The smallest absolute Gasteiger partial charge is 0.215 e. The average molecular weight is 561 g/mol. The van der Waals surface area contributed by atoms with Crippen molar-refractivity contribution in [2.24, 2.45) is 4.99 Å². The summed E-state index contributed by atoms with van der Waals surface area (Å²) in [6, 6.07) is 17.7. The van der Waals surface area contributed by atoms with E-state index >= 15 is 0 Å². The van der Waals surface area contributed by atoms with Crippen LogP contribution in [0.3, 0.4) is 0 Å². The zero-order chi connectivity index (χ0) is 21.8. The van der Waals surface area contributed by atoms with Crippen molar-refractivity contribution in [3.63, 3.8) is 0 Å². The molecule has 2 aromatic carbocycles. The third-order valence-electron chi connectivity index (χ3n) is 4.62. The van der Waals surface area contributed by atoms with Crippen molar-refractivity contribution in [1.29, 1.82) is 0 Å². The summed E-state index contributed by atoms with van der Waals surface area (Å²) in [7, 11) is -0.106. The van der Waals surface area contributed by atoms with Crippen molar-refractivity contribution >= 4 is 40.0 Å². The Balaban J connectivity index is 0.00000480. The van der Waals surface area contributed by atoms with Gasteiger partial charge in [0.05, 0.1) is 11.9 Å². The molecule has 0 saturated carbocycles. The van der Waals surface area contributed by atoms with Crippen molar-refractivity contribution in [2.75, 3.05) is 27.2 Å². The molecule has 0 aliphatic rings. The molecular weight excluding hydrogens is 527 g/mol. The minimum absolute atomic E-state index is 0. The number of rotatable bonds is 11. The predicted molar refractivity (Wildman–Crippen MR) is 137 cm³/mol. The van der Waals surface area contributed by atoms with Crippen LogP contribution in [0.2, 0.25) is 0 Å². The van der Waals surface area contributed by atoms with Crippen molar-refractivity contribution in [3.05, 3.63) is 71.3 Å². The molecule has 9 heteroatoms. The van der Waals surface area contributed by atoms with Crippen LogP contribution in [-0.2, 0) is 27.1 Å². The molecule has 2 aromatic rings.